The third-order valence-corrected chi connectivity index (χ3v) is 4.24. The maximum Gasteiger partial charge on any atom is 0.435 e. The summed E-state index contributed by atoms with van der Waals surface area (Å²) in [4.78, 5) is 12.7. The zero-order chi connectivity index (χ0) is 16.9. The summed E-state index contributed by atoms with van der Waals surface area (Å²) in [6, 6.07) is 0.833. The number of carbonyl (C=O) groups is 1. The topological polar surface area (TPSA) is 56.0 Å². The molecule has 1 amide bonds. The Balaban J connectivity index is 2.13. The van der Waals surface area contributed by atoms with Crippen molar-refractivity contribution in [2.24, 2.45) is 14.1 Å². The molecular formula is C14H16F3N5O. The van der Waals surface area contributed by atoms with Crippen LogP contribution in [0.2, 0.25) is 0 Å². The normalized spacial score (nSPS) is 18.2. The van der Waals surface area contributed by atoms with Gasteiger partial charge in [-0.05, 0) is 19.4 Å². The summed E-state index contributed by atoms with van der Waals surface area (Å²) in [6.07, 6.45) is -3.17. The number of aromatic nitrogens is 4. The Labute approximate surface area is 130 Å². The van der Waals surface area contributed by atoms with Crippen LogP contribution in [0.15, 0.2) is 6.07 Å². The second-order valence-corrected chi connectivity index (χ2v) is 5.64. The average Bonchev–Trinajstić information content (AvgIpc) is 2.99. The van der Waals surface area contributed by atoms with Gasteiger partial charge in [-0.3, -0.25) is 14.2 Å². The van der Waals surface area contributed by atoms with Gasteiger partial charge < -0.3 is 4.90 Å². The van der Waals surface area contributed by atoms with E-state index in [1.54, 1.807) is 16.6 Å². The van der Waals surface area contributed by atoms with Crippen molar-refractivity contribution >= 4 is 6.41 Å². The molecule has 0 saturated carbocycles. The summed E-state index contributed by atoms with van der Waals surface area (Å²) in [7, 11) is 3.17. The predicted octanol–water partition coefficient (Wildman–Crippen LogP) is 1.91. The molecule has 1 aliphatic rings. The van der Waals surface area contributed by atoms with E-state index in [1.807, 2.05) is 6.92 Å². The number of carbonyl (C=O) groups excluding carboxylic acids is 1. The Bertz CT molecular complexity index is 761. The first-order valence-corrected chi connectivity index (χ1v) is 7.12. The number of aryl methyl sites for hydroxylation is 2. The molecule has 3 rings (SSSR count). The van der Waals surface area contributed by atoms with Gasteiger partial charge in [-0.25, -0.2) is 0 Å². The molecule has 9 heteroatoms. The lowest BCUT2D eigenvalue weighted by Gasteiger charge is -2.29. The molecule has 6 nitrogen and oxygen atoms in total. The highest BCUT2D eigenvalue weighted by atomic mass is 19.4. The minimum absolute atomic E-state index is 0.202. The van der Waals surface area contributed by atoms with Crippen molar-refractivity contribution in [1.29, 1.82) is 0 Å². The fraction of sp³-hybridized carbons (Fsp3) is 0.500. The monoisotopic (exact) mass is 327 g/mol. The van der Waals surface area contributed by atoms with Crippen LogP contribution in [0.4, 0.5) is 13.2 Å². The summed E-state index contributed by atoms with van der Waals surface area (Å²) >= 11 is 0. The van der Waals surface area contributed by atoms with Crippen molar-refractivity contribution in [1.82, 2.24) is 24.5 Å². The molecule has 1 unspecified atom stereocenters. The minimum atomic E-state index is -4.49. The fourth-order valence-electron chi connectivity index (χ4n) is 3.05. The van der Waals surface area contributed by atoms with Crippen LogP contribution in [-0.2, 0) is 31.5 Å². The highest BCUT2D eigenvalue weighted by Gasteiger charge is 2.36. The maximum atomic E-state index is 12.9. The van der Waals surface area contributed by atoms with Crippen LogP contribution in [0, 0.1) is 0 Å². The van der Waals surface area contributed by atoms with Gasteiger partial charge in [0.1, 0.15) is 0 Å². The van der Waals surface area contributed by atoms with Gasteiger partial charge in [0.15, 0.2) is 5.69 Å². The van der Waals surface area contributed by atoms with E-state index in [1.165, 1.54) is 11.7 Å². The van der Waals surface area contributed by atoms with E-state index in [0.29, 0.717) is 24.4 Å². The highest BCUT2D eigenvalue weighted by Crippen LogP contribution is 2.37. The zero-order valence-electron chi connectivity index (χ0n) is 12.9. The molecule has 0 bridgehead atoms. The van der Waals surface area contributed by atoms with E-state index in [0.717, 1.165) is 23.7 Å². The van der Waals surface area contributed by atoms with Crippen molar-refractivity contribution in [3.63, 3.8) is 0 Å². The number of halogens is 3. The summed E-state index contributed by atoms with van der Waals surface area (Å²) in [5, 5.41) is 7.98. The van der Waals surface area contributed by atoms with Crippen molar-refractivity contribution in [2.75, 3.05) is 6.54 Å². The molecule has 23 heavy (non-hydrogen) atoms. The summed E-state index contributed by atoms with van der Waals surface area (Å²) in [5.74, 6) is 0. The zero-order valence-corrected chi connectivity index (χ0v) is 12.9. The molecule has 0 aromatic carbocycles. The Morgan fingerprint density at radius 2 is 1.96 bits per heavy atom. The molecule has 124 valence electrons. The van der Waals surface area contributed by atoms with E-state index in [9.17, 15) is 18.0 Å². The molecule has 0 N–H and O–H groups in total. The van der Waals surface area contributed by atoms with Crippen molar-refractivity contribution < 1.29 is 18.0 Å². The first kappa shape index (κ1) is 15.6. The van der Waals surface area contributed by atoms with Crippen LogP contribution in [-0.4, -0.2) is 37.4 Å². The summed E-state index contributed by atoms with van der Waals surface area (Å²) in [5.41, 5.74) is 1.64. The first-order chi connectivity index (χ1) is 10.7. The van der Waals surface area contributed by atoms with Gasteiger partial charge in [-0.1, -0.05) is 0 Å². The number of fused-ring (bicyclic) bond motifs is 1. The lowest BCUT2D eigenvalue weighted by molar-refractivity contribution is -0.141. The van der Waals surface area contributed by atoms with E-state index in [-0.39, 0.29) is 6.04 Å². The lowest BCUT2D eigenvalue weighted by Crippen LogP contribution is -2.32. The smallest absolute Gasteiger partial charge is 0.337 e. The van der Waals surface area contributed by atoms with Gasteiger partial charge in [0.25, 0.3) is 0 Å². The predicted molar refractivity (Wildman–Crippen MR) is 75.3 cm³/mol. The summed E-state index contributed by atoms with van der Waals surface area (Å²) in [6.45, 7) is 2.37. The quantitative estimate of drug-likeness (QED) is 0.792. The van der Waals surface area contributed by atoms with Gasteiger partial charge in [0.05, 0.1) is 23.1 Å². The van der Waals surface area contributed by atoms with E-state index < -0.39 is 11.9 Å². The van der Waals surface area contributed by atoms with Crippen LogP contribution >= 0.6 is 0 Å². The highest BCUT2D eigenvalue weighted by molar-refractivity contribution is 5.64. The maximum absolute atomic E-state index is 12.9. The molecule has 0 saturated heterocycles. The van der Waals surface area contributed by atoms with Crippen LogP contribution in [0.1, 0.15) is 29.9 Å². The first-order valence-electron chi connectivity index (χ1n) is 7.12. The molecule has 2 aromatic heterocycles. The molecule has 1 atom stereocenters. The Hall–Kier alpha value is -2.32. The van der Waals surface area contributed by atoms with Gasteiger partial charge in [0.2, 0.25) is 6.41 Å². The molecule has 0 fully saturated rings. The van der Waals surface area contributed by atoms with Gasteiger partial charge in [0, 0.05) is 26.2 Å². The molecule has 1 aliphatic heterocycles. The standard InChI is InChI=1S/C14H16F3N5O/c1-8-12-9(4-5-22(8)7-23)13(21(3)19-12)10-6-11(14(15,16)17)18-20(10)2/h6-8H,4-5H2,1-3H3. The minimum Gasteiger partial charge on any atom is -0.337 e. The van der Waals surface area contributed by atoms with Crippen LogP contribution < -0.4 is 0 Å². The third-order valence-electron chi connectivity index (χ3n) is 4.24. The Morgan fingerprint density at radius 3 is 2.52 bits per heavy atom. The number of nitrogens with zero attached hydrogens (tertiary/aromatic N) is 5. The third kappa shape index (κ3) is 2.40. The van der Waals surface area contributed by atoms with Crippen LogP contribution in [0.5, 0.6) is 0 Å². The number of alkyl halides is 3. The molecule has 0 spiro atoms. The van der Waals surface area contributed by atoms with Gasteiger partial charge in [-0.15, -0.1) is 0 Å². The Kier molecular flexibility index (Phi) is 3.46. The second kappa shape index (κ2) is 5.10. The van der Waals surface area contributed by atoms with E-state index in [2.05, 4.69) is 10.2 Å². The van der Waals surface area contributed by atoms with Crippen molar-refractivity contribution in [3.8, 4) is 11.4 Å². The number of hydrogen-bond acceptors (Lipinski definition) is 3. The number of amides is 1. The van der Waals surface area contributed by atoms with Gasteiger partial charge in [-0.2, -0.15) is 23.4 Å². The SMILES string of the molecule is CC1c2nn(C)c(-c3cc(C(F)(F)F)nn3C)c2CCN1C=O. The fourth-order valence-corrected chi connectivity index (χ4v) is 3.05. The molecule has 2 aromatic rings. The number of rotatable bonds is 2. The average molecular weight is 327 g/mol. The summed E-state index contributed by atoms with van der Waals surface area (Å²) < 4.78 is 41.4. The van der Waals surface area contributed by atoms with Crippen molar-refractivity contribution in [3.05, 3.63) is 23.0 Å². The van der Waals surface area contributed by atoms with E-state index in [4.69, 9.17) is 0 Å². The van der Waals surface area contributed by atoms with Gasteiger partial charge >= 0.3 is 6.18 Å². The van der Waals surface area contributed by atoms with Crippen LogP contribution in [0.25, 0.3) is 11.4 Å². The van der Waals surface area contributed by atoms with Crippen molar-refractivity contribution in [2.45, 2.75) is 25.6 Å². The van der Waals surface area contributed by atoms with E-state index >= 15 is 0 Å². The lowest BCUT2D eigenvalue weighted by atomic mass is 9.98. The second-order valence-electron chi connectivity index (χ2n) is 5.64. The molecule has 0 radical (unpaired) electrons. The molecular weight excluding hydrogens is 311 g/mol. The molecule has 3 heterocycles. The number of hydrogen-bond donors (Lipinski definition) is 0. The largest absolute Gasteiger partial charge is 0.435 e. The van der Waals surface area contributed by atoms with Crippen LogP contribution in [0.3, 0.4) is 0 Å². The Morgan fingerprint density at radius 1 is 1.26 bits per heavy atom. The molecule has 0 aliphatic carbocycles.